The molecule has 0 amide bonds. The number of aryl methyl sites for hydroxylation is 1. The van der Waals surface area contributed by atoms with Gasteiger partial charge >= 0.3 is 0 Å². The third-order valence-corrected chi connectivity index (χ3v) is 5.36. The van der Waals surface area contributed by atoms with Gasteiger partial charge in [-0.25, -0.2) is 9.97 Å². The van der Waals surface area contributed by atoms with Crippen molar-refractivity contribution >= 4 is 5.96 Å². The molecule has 7 heteroatoms. The quantitative estimate of drug-likeness (QED) is 0.633. The SMILES string of the molecule is CN=C(NCc1cccnc1-n1ccnc1C)NC1CC(OC)C1(C)C. The minimum atomic E-state index is 0.0831. The number of aromatic nitrogens is 3. The number of nitrogens with one attached hydrogen (secondary N) is 2. The van der Waals surface area contributed by atoms with E-state index in [4.69, 9.17) is 4.74 Å². The summed E-state index contributed by atoms with van der Waals surface area (Å²) in [4.78, 5) is 13.2. The van der Waals surface area contributed by atoms with Crippen LogP contribution in [0.2, 0.25) is 0 Å². The van der Waals surface area contributed by atoms with Crippen molar-refractivity contribution in [1.82, 2.24) is 25.2 Å². The van der Waals surface area contributed by atoms with Crippen LogP contribution < -0.4 is 10.6 Å². The molecule has 0 saturated heterocycles. The number of ether oxygens (including phenoxy) is 1. The third kappa shape index (κ3) is 3.44. The second kappa shape index (κ2) is 7.45. The Morgan fingerprint density at radius 2 is 2.19 bits per heavy atom. The van der Waals surface area contributed by atoms with E-state index in [2.05, 4.69) is 45.5 Å². The topological polar surface area (TPSA) is 76.4 Å². The minimum absolute atomic E-state index is 0.0831. The van der Waals surface area contributed by atoms with Gasteiger partial charge in [0, 0.05) is 56.3 Å². The molecule has 0 aliphatic heterocycles. The Bertz CT molecular complexity index is 782. The van der Waals surface area contributed by atoms with Gasteiger partial charge in [-0.3, -0.25) is 9.56 Å². The van der Waals surface area contributed by atoms with Crippen molar-refractivity contribution in [2.24, 2.45) is 10.4 Å². The average molecular weight is 356 g/mol. The molecule has 2 atom stereocenters. The summed E-state index contributed by atoms with van der Waals surface area (Å²) in [5.74, 6) is 2.58. The van der Waals surface area contributed by atoms with E-state index >= 15 is 0 Å². The molecule has 1 aliphatic carbocycles. The number of imidazole rings is 1. The molecule has 0 spiro atoms. The first-order chi connectivity index (χ1) is 12.5. The van der Waals surface area contributed by atoms with Crippen LogP contribution in [0.25, 0.3) is 5.82 Å². The standard InChI is InChI=1S/C19H28N6O/c1-13-21-9-10-25(13)17-14(7-6-8-22-17)12-23-18(20-4)24-15-11-16(26-5)19(15,2)3/h6-10,15-16H,11-12H2,1-5H3,(H2,20,23,24). The molecular weight excluding hydrogens is 328 g/mol. The summed E-state index contributed by atoms with van der Waals surface area (Å²) in [6, 6.07) is 4.35. The van der Waals surface area contributed by atoms with Crippen LogP contribution >= 0.6 is 0 Å². The molecule has 3 rings (SSSR count). The Morgan fingerprint density at radius 1 is 1.38 bits per heavy atom. The van der Waals surface area contributed by atoms with Gasteiger partial charge in [0.05, 0.1) is 6.10 Å². The van der Waals surface area contributed by atoms with Gasteiger partial charge in [-0.1, -0.05) is 19.9 Å². The molecule has 2 N–H and O–H groups in total. The molecule has 140 valence electrons. The lowest BCUT2D eigenvalue weighted by Gasteiger charge is -2.51. The van der Waals surface area contributed by atoms with Crippen molar-refractivity contribution in [3.8, 4) is 5.82 Å². The minimum Gasteiger partial charge on any atom is -0.381 e. The number of pyridine rings is 1. The Kier molecular flexibility index (Phi) is 5.27. The number of rotatable bonds is 5. The Balaban J connectivity index is 1.67. The summed E-state index contributed by atoms with van der Waals surface area (Å²) in [5.41, 5.74) is 1.17. The molecule has 0 radical (unpaired) electrons. The van der Waals surface area contributed by atoms with Crippen LogP contribution in [0.15, 0.2) is 35.7 Å². The summed E-state index contributed by atoms with van der Waals surface area (Å²) < 4.78 is 7.52. The first kappa shape index (κ1) is 18.4. The number of hydrogen-bond acceptors (Lipinski definition) is 4. The number of methoxy groups -OCH3 is 1. The van der Waals surface area contributed by atoms with E-state index in [1.54, 1.807) is 26.6 Å². The fourth-order valence-corrected chi connectivity index (χ4v) is 3.46. The molecular formula is C19H28N6O. The lowest BCUT2D eigenvalue weighted by atomic mass is 9.64. The van der Waals surface area contributed by atoms with E-state index in [0.717, 1.165) is 29.6 Å². The van der Waals surface area contributed by atoms with Gasteiger partial charge in [-0.05, 0) is 19.4 Å². The van der Waals surface area contributed by atoms with Crippen LogP contribution in [0.4, 0.5) is 0 Å². The van der Waals surface area contributed by atoms with E-state index in [1.807, 2.05) is 23.8 Å². The maximum Gasteiger partial charge on any atom is 0.191 e. The first-order valence-electron chi connectivity index (χ1n) is 8.91. The zero-order chi connectivity index (χ0) is 18.7. The number of aliphatic imine (C=N–C) groups is 1. The van der Waals surface area contributed by atoms with Gasteiger partial charge in [0.2, 0.25) is 0 Å². The summed E-state index contributed by atoms with van der Waals surface area (Å²) in [7, 11) is 3.57. The van der Waals surface area contributed by atoms with Gasteiger partial charge in [0.1, 0.15) is 11.6 Å². The van der Waals surface area contributed by atoms with Gasteiger partial charge in [0.25, 0.3) is 0 Å². The Morgan fingerprint density at radius 3 is 2.81 bits per heavy atom. The zero-order valence-electron chi connectivity index (χ0n) is 16.2. The molecule has 2 unspecified atom stereocenters. The van der Waals surface area contributed by atoms with E-state index in [9.17, 15) is 0 Å². The van der Waals surface area contributed by atoms with Gasteiger partial charge < -0.3 is 15.4 Å². The molecule has 0 bridgehead atoms. The van der Waals surface area contributed by atoms with E-state index in [0.29, 0.717) is 12.6 Å². The second-order valence-electron chi connectivity index (χ2n) is 7.23. The normalized spacial score (nSPS) is 22.0. The van der Waals surface area contributed by atoms with Crippen LogP contribution in [0, 0.1) is 12.3 Å². The highest BCUT2D eigenvalue weighted by Gasteiger charge is 2.48. The predicted molar refractivity (Wildman–Crippen MR) is 102 cm³/mol. The predicted octanol–water partition coefficient (Wildman–Crippen LogP) is 2.05. The van der Waals surface area contributed by atoms with Crippen molar-refractivity contribution in [3.63, 3.8) is 0 Å². The Labute approximate surface area is 154 Å². The number of hydrogen-bond donors (Lipinski definition) is 2. The monoisotopic (exact) mass is 356 g/mol. The molecule has 1 fully saturated rings. The largest absolute Gasteiger partial charge is 0.381 e. The van der Waals surface area contributed by atoms with Crippen LogP contribution in [0.5, 0.6) is 0 Å². The number of guanidine groups is 1. The van der Waals surface area contributed by atoms with Crippen LogP contribution in [0.3, 0.4) is 0 Å². The van der Waals surface area contributed by atoms with Gasteiger partial charge in [-0.15, -0.1) is 0 Å². The average Bonchev–Trinajstić information content (AvgIpc) is 3.06. The van der Waals surface area contributed by atoms with Crippen molar-refractivity contribution in [2.75, 3.05) is 14.2 Å². The summed E-state index contributed by atoms with van der Waals surface area (Å²) >= 11 is 0. The molecule has 2 aromatic heterocycles. The highest BCUT2D eigenvalue weighted by Crippen LogP contribution is 2.42. The van der Waals surface area contributed by atoms with E-state index in [-0.39, 0.29) is 11.5 Å². The molecule has 2 aromatic rings. The fraction of sp³-hybridized carbons (Fsp3) is 0.526. The summed E-state index contributed by atoms with van der Waals surface area (Å²) in [6.45, 7) is 7.03. The van der Waals surface area contributed by atoms with Crippen molar-refractivity contribution in [3.05, 3.63) is 42.1 Å². The summed E-state index contributed by atoms with van der Waals surface area (Å²) in [5, 5.41) is 6.91. The highest BCUT2D eigenvalue weighted by atomic mass is 16.5. The molecule has 0 aromatic carbocycles. The maximum atomic E-state index is 5.53. The lowest BCUT2D eigenvalue weighted by molar-refractivity contribution is -0.0922. The van der Waals surface area contributed by atoms with Crippen LogP contribution in [-0.2, 0) is 11.3 Å². The highest BCUT2D eigenvalue weighted by molar-refractivity contribution is 5.80. The first-order valence-corrected chi connectivity index (χ1v) is 8.91. The van der Waals surface area contributed by atoms with Crippen molar-refractivity contribution < 1.29 is 4.74 Å². The van der Waals surface area contributed by atoms with E-state index < -0.39 is 0 Å². The molecule has 1 aliphatic rings. The second-order valence-corrected chi connectivity index (χ2v) is 7.23. The molecule has 7 nitrogen and oxygen atoms in total. The third-order valence-electron chi connectivity index (χ3n) is 5.36. The molecule has 1 saturated carbocycles. The maximum absolute atomic E-state index is 5.53. The molecule has 2 heterocycles. The summed E-state index contributed by atoms with van der Waals surface area (Å²) in [6.07, 6.45) is 6.78. The van der Waals surface area contributed by atoms with Crippen LogP contribution in [0.1, 0.15) is 31.7 Å². The van der Waals surface area contributed by atoms with Crippen molar-refractivity contribution in [1.29, 1.82) is 0 Å². The smallest absolute Gasteiger partial charge is 0.191 e. The van der Waals surface area contributed by atoms with Crippen LogP contribution in [-0.4, -0.2) is 46.8 Å². The lowest BCUT2D eigenvalue weighted by Crippen LogP contribution is -2.63. The molecule has 26 heavy (non-hydrogen) atoms. The van der Waals surface area contributed by atoms with E-state index in [1.165, 1.54) is 0 Å². The van der Waals surface area contributed by atoms with Gasteiger partial charge in [-0.2, -0.15) is 0 Å². The zero-order valence-corrected chi connectivity index (χ0v) is 16.2. The number of nitrogens with zero attached hydrogens (tertiary/aromatic N) is 4. The van der Waals surface area contributed by atoms with Gasteiger partial charge in [0.15, 0.2) is 5.96 Å². The van der Waals surface area contributed by atoms with Crippen molar-refractivity contribution in [2.45, 2.75) is 45.9 Å². The fourth-order valence-electron chi connectivity index (χ4n) is 3.46. The Hall–Kier alpha value is -2.41.